The summed E-state index contributed by atoms with van der Waals surface area (Å²) >= 11 is 0. The molecule has 1 saturated heterocycles. The summed E-state index contributed by atoms with van der Waals surface area (Å²) in [5.74, 6) is 0.552. The van der Waals surface area contributed by atoms with Crippen molar-refractivity contribution < 1.29 is 9.18 Å². The van der Waals surface area contributed by atoms with Gasteiger partial charge in [-0.15, -0.1) is 0 Å². The minimum absolute atomic E-state index is 0.0158. The molecule has 1 heterocycles. The third kappa shape index (κ3) is 5.02. The van der Waals surface area contributed by atoms with Crippen LogP contribution in [0.2, 0.25) is 0 Å². The molecule has 4 nitrogen and oxygen atoms in total. The average molecular weight is 347 g/mol. The highest BCUT2D eigenvalue weighted by Crippen LogP contribution is 2.47. The van der Waals surface area contributed by atoms with E-state index in [1.807, 2.05) is 6.07 Å². The molecule has 0 bridgehead atoms. The Bertz CT molecular complexity index is 586. The van der Waals surface area contributed by atoms with Crippen molar-refractivity contribution in [3.8, 4) is 0 Å². The number of hydrogen-bond acceptors (Lipinski definition) is 3. The van der Waals surface area contributed by atoms with Gasteiger partial charge in [-0.25, -0.2) is 4.39 Å². The fourth-order valence-corrected chi connectivity index (χ4v) is 3.79. The van der Waals surface area contributed by atoms with E-state index in [-0.39, 0.29) is 23.6 Å². The van der Waals surface area contributed by atoms with Crippen molar-refractivity contribution in [1.29, 1.82) is 0 Å². The molecule has 0 spiro atoms. The molecule has 1 aliphatic heterocycles. The number of likely N-dealkylation sites (N-methyl/N-ethyl adjacent to an activating group) is 1. The van der Waals surface area contributed by atoms with Gasteiger partial charge in [0, 0.05) is 45.2 Å². The summed E-state index contributed by atoms with van der Waals surface area (Å²) in [4.78, 5) is 17.3. The molecule has 3 atom stereocenters. The van der Waals surface area contributed by atoms with E-state index in [0.717, 1.165) is 57.8 Å². The fourth-order valence-electron chi connectivity index (χ4n) is 3.79. The maximum Gasteiger partial charge on any atom is 0.223 e. The van der Waals surface area contributed by atoms with E-state index in [1.165, 1.54) is 6.07 Å². The topological polar surface area (TPSA) is 35.6 Å². The quantitative estimate of drug-likeness (QED) is 0.822. The van der Waals surface area contributed by atoms with Gasteiger partial charge in [-0.3, -0.25) is 4.79 Å². The second kappa shape index (κ2) is 8.28. The lowest BCUT2D eigenvalue weighted by Gasteiger charge is -2.35. The van der Waals surface area contributed by atoms with E-state index in [4.69, 9.17) is 0 Å². The number of nitrogens with one attached hydrogen (secondary N) is 1. The lowest BCUT2D eigenvalue weighted by molar-refractivity contribution is -0.122. The van der Waals surface area contributed by atoms with Crippen LogP contribution in [0.15, 0.2) is 24.3 Å². The molecular weight excluding hydrogens is 317 g/mol. The summed E-state index contributed by atoms with van der Waals surface area (Å²) in [6.07, 6.45) is 0.836. The number of hydrogen-bond donors (Lipinski definition) is 1. The van der Waals surface area contributed by atoms with E-state index >= 15 is 0 Å². The van der Waals surface area contributed by atoms with Gasteiger partial charge in [-0.05, 0) is 42.5 Å². The molecule has 1 N–H and O–H groups in total. The Hall–Kier alpha value is -1.46. The van der Waals surface area contributed by atoms with Gasteiger partial charge in [0.15, 0.2) is 0 Å². The Morgan fingerprint density at radius 2 is 2.00 bits per heavy atom. The maximum absolute atomic E-state index is 13.3. The number of carbonyl (C=O) groups excluding carboxylic acids is 1. The van der Waals surface area contributed by atoms with Crippen LogP contribution < -0.4 is 5.32 Å². The summed E-state index contributed by atoms with van der Waals surface area (Å²) in [5.41, 5.74) is 0.946. The van der Waals surface area contributed by atoms with Crippen LogP contribution in [0.1, 0.15) is 31.7 Å². The van der Waals surface area contributed by atoms with Crippen molar-refractivity contribution in [3.63, 3.8) is 0 Å². The zero-order valence-corrected chi connectivity index (χ0v) is 15.4. The number of benzene rings is 1. The molecular formula is C20H30FN3O. The number of carbonyl (C=O) groups is 1. The van der Waals surface area contributed by atoms with Gasteiger partial charge in [0.25, 0.3) is 0 Å². The van der Waals surface area contributed by atoms with Crippen molar-refractivity contribution in [2.24, 2.45) is 11.8 Å². The predicted molar refractivity (Wildman–Crippen MR) is 98.0 cm³/mol. The minimum atomic E-state index is -0.222. The van der Waals surface area contributed by atoms with E-state index < -0.39 is 0 Å². The van der Waals surface area contributed by atoms with Crippen molar-refractivity contribution in [2.45, 2.75) is 26.2 Å². The largest absolute Gasteiger partial charge is 0.356 e. The van der Waals surface area contributed by atoms with Crippen LogP contribution in [0.4, 0.5) is 4.39 Å². The molecule has 1 aromatic rings. The zero-order chi connectivity index (χ0) is 17.8. The molecule has 5 heteroatoms. The number of amides is 1. The van der Waals surface area contributed by atoms with Gasteiger partial charge in [0.05, 0.1) is 0 Å². The van der Waals surface area contributed by atoms with E-state index in [1.54, 1.807) is 12.1 Å². The van der Waals surface area contributed by atoms with Crippen molar-refractivity contribution >= 4 is 5.91 Å². The Labute approximate surface area is 150 Å². The summed E-state index contributed by atoms with van der Waals surface area (Å²) in [6.45, 7) is 11.8. The molecule has 2 aliphatic rings. The van der Waals surface area contributed by atoms with Crippen LogP contribution in [-0.4, -0.2) is 61.5 Å². The minimum Gasteiger partial charge on any atom is -0.356 e. The fraction of sp³-hybridized carbons (Fsp3) is 0.650. The van der Waals surface area contributed by atoms with Crippen LogP contribution >= 0.6 is 0 Å². The van der Waals surface area contributed by atoms with Crippen molar-refractivity contribution in [3.05, 3.63) is 35.6 Å². The van der Waals surface area contributed by atoms with Gasteiger partial charge in [-0.1, -0.05) is 26.0 Å². The standard InChI is InChI=1S/C20H30FN3O/c1-3-23-7-9-24(10-8-23)14-15(2)13-22-20(25)19-12-18(19)16-5-4-6-17(21)11-16/h4-6,11,15,18-19H,3,7-10,12-14H2,1-2H3,(H,22,25). The summed E-state index contributed by atoms with van der Waals surface area (Å²) in [5, 5.41) is 3.10. The Morgan fingerprint density at radius 1 is 1.28 bits per heavy atom. The van der Waals surface area contributed by atoms with Crippen molar-refractivity contribution in [2.75, 3.05) is 45.8 Å². The highest BCUT2D eigenvalue weighted by atomic mass is 19.1. The van der Waals surface area contributed by atoms with Gasteiger partial charge in [0.2, 0.25) is 5.91 Å². The highest BCUT2D eigenvalue weighted by Gasteiger charge is 2.43. The molecule has 138 valence electrons. The van der Waals surface area contributed by atoms with Crippen LogP contribution in [0, 0.1) is 17.7 Å². The Balaban J connectivity index is 1.37. The van der Waals surface area contributed by atoms with Crippen LogP contribution in [-0.2, 0) is 4.79 Å². The molecule has 1 aliphatic carbocycles. The molecule has 1 amide bonds. The summed E-state index contributed by atoms with van der Waals surface area (Å²) in [6, 6.07) is 6.64. The second-order valence-electron chi connectivity index (χ2n) is 7.59. The van der Waals surface area contributed by atoms with Crippen LogP contribution in [0.25, 0.3) is 0 Å². The first-order chi connectivity index (χ1) is 12.1. The third-order valence-electron chi connectivity index (χ3n) is 5.51. The number of halogens is 1. The van der Waals surface area contributed by atoms with Gasteiger partial charge in [-0.2, -0.15) is 0 Å². The van der Waals surface area contributed by atoms with Gasteiger partial charge in [0.1, 0.15) is 5.82 Å². The van der Waals surface area contributed by atoms with E-state index in [2.05, 4.69) is 29.0 Å². The molecule has 1 saturated carbocycles. The number of nitrogens with zero attached hydrogens (tertiary/aromatic N) is 2. The molecule has 25 heavy (non-hydrogen) atoms. The highest BCUT2D eigenvalue weighted by molar-refractivity contribution is 5.82. The first-order valence-electron chi connectivity index (χ1n) is 9.54. The summed E-state index contributed by atoms with van der Waals surface area (Å²) < 4.78 is 13.3. The first kappa shape index (κ1) is 18.3. The first-order valence-corrected chi connectivity index (χ1v) is 9.54. The zero-order valence-electron chi connectivity index (χ0n) is 15.4. The number of piperazine rings is 1. The molecule has 0 radical (unpaired) electrons. The van der Waals surface area contributed by atoms with E-state index in [0.29, 0.717) is 5.92 Å². The smallest absolute Gasteiger partial charge is 0.223 e. The van der Waals surface area contributed by atoms with Gasteiger partial charge < -0.3 is 15.1 Å². The monoisotopic (exact) mass is 347 g/mol. The Morgan fingerprint density at radius 3 is 2.68 bits per heavy atom. The SMILES string of the molecule is CCN1CCN(CC(C)CNC(=O)C2CC2c2cccc(F)c2)CC1. The molecule has 1 aromatic carbocycles. The van der Waals surface area contributed by atoms with Crippen molar-refractivity contribution in [1.82, 2.24) is 15.1 Å². The van der Waals surface area contributed by atoms with Crippen LogP contribution in [0.5, 0.6) is 0 Å². The third-order valence-corrected chi connectivity index (χ3v) is 5.51. The maximum atomic E-state index is 13.3. The molecule has 3 unspecified atom stereocenters. The lowest BCUT2D eigenvalue weighted by Crippen LogP contribution is -2.48. The van der Waals surface area contributed by atoms with Crippen LogP contribution in [0.3, 0.4) is 0 Å². The molecule has 3 rings (SSSR count). The molecule has 0 aromatic heterocycles. The van der Waals surface area contributed by atoms with Gasteiger partial charge >= 0.3 is 0 Å². The second-order valence-corrected chi connectivity index (χ2v) is 7.59. The lowest BCUT2D eigenvalue weighted by atomic mass is 10.1. The molecule has 2 fully saturated rings. The summed E-state index contributed by atoms with van der Waals surface area (Å²) in [7, 11) is 0. The Kier molecular flexibility index (Phi) is 6.07. The normalized spacial score (nSPS) is 25.6. The predicted octanol–water partition coefficient (Wildman–Crippen LogP) is 2.32. The van der Waals surface area contributed by atoms with E-state index in [9.17, 15) is 9.18 Å². The average Bonchev–Trinajstić information content (AvgIpc) is 3.41. The number of rotatable bonds is 7.